The summed E-state index contributed by atoms with van der Waals surface area (Å²) in [6, 6.07) is 5.60. The number of anilines is 1. The number of hydrogen-bond donors (Lipinski definition) is 3. The van der Waals surface area contributed by atoms with Crippen molar-refractivity contribution in [3.05, 3.63) is 45.2 Å². The molecule has 1 aromatic carbocycles. The number of halogens is 1. The Labute approximate surface area is 147 Å². The predicted octanol–water partition coefficient (Wildman–Crippen LogP) is 3.04. The number of H-pyrrole nitrogens is 1. The molecule has 1 fully saturated rings. The third-order valence-corrected chi connectivity index (χ3v) is 5.34. The number of rotatable bonds is 4. The first kappa shape index (κ1) is 15.4. The molecule has 1 atom stereocenters. The highest BCUT2D eigenvalue weighted by Gasteiger charge is 2.30. The first-order valence-corrected chi connectivity index (χ1v) is 8.79. The molecule has 2 aromatic rings. The summed E-state index contributed by atoms with van der Waals surface area (Å²) < 4.78 is 0.762. The summed E-state index contributed by atoms with van der Waals surface area (Å²) in [6.45, 7) is 1.92. The van der Waals surface area contributed by atoms with Crippen LogP contribution in [0.5, 0.6) is 0 Å². The third-order valence-electron chi connectivity index (χ3n) is 4.54. The number of carbonyl (C=O) groups excluding carboxylic acids is 2. The molecule has 3 N–H and O–H groups in total. The van der Waals surface area contributed by atoms with Gasteiger partial charge in [-0.1, -0.05) is 12.1 Å². The molecule has 1 saturated carbocycles. The zero-order chi connectivity index (χ0) is 16.8. The number of hydrogen-bond acceptors (Lipinski definition) is 3. The van der Waals surface area contributed by atoms with E-state index >= 15 is 0 Å². The Bertz CT molecular complexity index is 841. The van der Waals surface area contributed by atoms with Crippen LogP contribution in [0.1, 0.15) is 59.0 Å². The second-order valence-electron chi connectivity index (χ2n) is 6.41. The normalized spacial score (nSPS) is 17.3. The minimum atomic E-state index is -0.216. The Morgan fingerprint density at radius 3 is 2.96 bits per heavy atom. The molecule has 0 radical (unpaired) electrons. The molecular weight excluding hydrogens is 372 g/mol. The number of aromatic nitrogens is 2. The summed E-state index contributed by atoms with van der Waals surface area (Å²) in [7, 11) is 0. The van der Waals surface area contributed by atoms with E-state index in [0.29, 0.717) is 18.0 Å². The highest BCUT2D eigenvalue weighted by Crippen LogP contribution is 2.42. The number of aromatic amines is 1. The number of nitrogens with one attached hydrogen (secondary N) is 3. The first-order valence-electron chi connectivity index (χ1n) is 8.00. The van der Waals surface area contributed by atoms with Gasteiger partial charge < -0.3 is 10.6 Å². The molecule has 2 aliphatic rings. The predicted molar refractivity (Wildman–Crippen MR) is 92.9 cm³/mol. The van der Waals surface area contributed by atoms with Crippen LogP contribution in [0.4, 0.5) is 5.69 Å². The van der Waals surface area contributed by atoms with Crippen LogP contribution in [0.25, 0.3) is 0 Å². The van der Waals surface area contributed by atoms with Crippen molar-refractivity contribution in [2.75, 3.05) is 5.32 Å². The van der Waals surface area contributed by atoms with Gasteiger partial charge in [-0.05, 0) is 52.9 Å². The van der Waals surface area contributed by atoms with E-state index in [-0.39, 0.29) is 17.9 Å². The summed E-state index contributed by atoms with van der Waals surface area (Å²) in [5.41, 5.74) is 4.19. The van der Waals surface area contributed by atoms with Crippen LogP contribution in [0.3, 0.4) is 0 Å². The van der Waals surface area contributed by atoms with Gasteiger partial charge in [0, 0.05) is 11.6 Å². The quantitative estimate of drug-likeness (QED) is 0.751. The van der Waals surface area contributed by atoms with E-state index in [9.17, 15) is 9.59 Å². The van der Waals surface area contributed by atoms with Crippen LogP contribution in [0.15, 0.2) is 22.7 Å². The van der Waals surface area contributed by atoms with Gasteiger partial charge in [-0.3, -0.25) is 14.7 Å². The zero-order valence-electron chi connectivity index (χ0n) is 13.1. The minimum Gasteiger partial charge on any atom is -0.344 e. The van der Waals surface area contributed by atoms with Crippen molar-refractivity contribution in [2.24, 2.45) is 0 Å². The maximum atomic E-state index is 12.5. The molecule has 2 amide bonds. The van der Waals surface area contributed by atoms with Gasteiger partial charge in [0.05, 0.1) is 22.6 Å². The fraction of sp³-hybridized carbons (Fsp3) is 0.353. The molecule has 2 heterocycles. The molecule has 0 spiro atoms. The van der Waals surface area contributed by atoms with Crippen LogP contribution in [-0.4, -0.2) is 22.0 Å². The van der Waals surface area contributed by atoms with Crippen LogP contribution >= 0.6 is 15.9 Å². The molecule has 0 bridgehead atoms. The fourth-order valence-corrected chi connectivity index (χ4v) is 3.68. The van der Waals surface area contributed by atoms with Gasteiger partial charge in [-0.25, -0.2) is 0 Å². The lowest BCUT2D eigenvalue weighted by molar-refractivity contribution is -0.115. The van der Waals surface area contributed by atoms with Crippen LogP contribution in [-0.2, 0) is 11.2 Å². The molecule has 1 aromatic heterocycles. The second kappa shape index (κ2) is 5.73. The van der Waals surface area contributed by atoms with E-state index < -0.39 is 0 Å². The van der Waals surface area contributed by atoms with E-state index in [1.54, 1.807) is 0 Å². The second-order valence-corrected chi connectivity index (χ2v) is 7.20. The summed E-state index contributed by atoms with van der Waals surface area (Å²) in [6.07, 6.45) is 2.67. The minimum absolute atomic E-state index is 0.00639. The SMILES string of the molecule is C[C@H](NC(=O)c1n[nH]c(C2CC2)c1Br)c1ccc2c(c1)CC(=O)N2. The summed E-state index contributed by atoms with van der Waals surface area (Å²) in [4.78, 5) is 23.9. The summed E-state index contributed by atoms with van der Waals surface area (Å²) in [5, 5.41) is 12.9. The van der Waals surface area contributed by atoms with Gasteiger partial charge in [0.1, 0.15) is 0 Å². The van der Waals surface area contributed by atoms with Crippen molar-refractivity contribution in [2.45, 2.75) is 38.1 Å². The largest absolute Gasteiger partial charge is 0.344 e. The van der Waals surface area contributed by atoms with Crippen LogP contribution < -0.4 is 10.6 Å². The highest BCUT2D eigenvalue weighted by atomic mass is 79.9. The van der Waals surface area contributed by atoms with E-state index in [0.717, 1.165) is 39.8 Å². The molecule has 7 heteroatoms. The van der Waals surface area contributed by atoms with Crippen molar-refractivity contribution in [1.29, 1.82) is 0 Å². The lowest BCUT2D eigenvalue weighted by Crippen LogP contribution is -2.27. The molecule has 124 valence electrons. The Balaban J connectivity index is 1.50. The maximum Gasteiger partial charge on any atom is 0.273 e. The fourth-order valence-electron chi connectivity index (χ4n) is 3.00. The first-order chi connectivity index (χ1) is 11.5. The molecule has 0 saturated heterocycles. The lowest BCUT2D eigenvalue weighted by atomic mass is 10.0. The van der Waals surface area contributed by atoms with Gasteiger partial charge in [0.25, 0.3) is 5.91 Å². The highest BCUT2D eigenvalue weighted by molar-refractivity contribution is 9.10. The summed E-state index contributed by atoms with van der Waals surface area (Å²) >= 11 is 3.49. The molecule has 1 aliphatic heterocycles. The number of fused-ring (bicyclic) bond motifs is 1. The van der Waals surface area contributed by atoms with E-state index in [2.05, 4.69) is 36.8 Å². The van der Waals surface area contributed by atoms with Crippen LogP contribution in [0.2, 0.25) is 0 Å². The van der Waals surface area contributed by atoms with Gasteiger partial charge in [-0.15, -0.1) is 0 Å². The van der Waals surface area contributed by atoms with Gasteiger partial charge in [0.15, 0.2) is 5.69 Å². The zero-order valence-corrected chi connectivity index (χ0v) is 14.7. The monoisotopic (exact) mass is 388 g/mol. The standard InChI is InChI=1S/C17H17BrN4O2/c1-8(10-4-5-12-11(6-10)7-13(23)20-12)19-17(24)16-14(18)15(21-22-16)9-2-3-9/h4-6,8-9H,2-3,7H2,1H3,(H,19,24)(H,20,23)(H,21,22)/t8-/m0/s1. The molecular formula is C17H17BrN4O2. The Morgan fingerprint density at radius 2 is 2.21 bits per heavy atom. The average molecular weight is 389 g/mol. The molecule has 6 nitrogen and oxygen atoms in total. The van der Waals surface area contributed by atoms with Crippen molar-refractivity contribution in [3.8, 4) is 0 Å². The van der Waals surface area contributed by atoms with E-state index in [4.69, 9.17) is 0 Å². The Kier molecular flexibility index (Phi) is 3.68. The Morgan fingerprint density at radius 1 is 1.42 bits per heavy atom. The van der Waals surface area contributed by atoms with E-state index in [1.807, 2.05) is 25.1 Å². The van der Waals surface area contributed by atoms with Crippen molar-refractivity contribution >= 4 is 33.4 Å². The average Bonchev–Trinajstić information content (AvgIpc) is 3.20. The third kappa shape index (κ3) is 2.73. The number of benzene rings is 1. The van der Waals surface area contributed by atoms with Crippen molar-refractivity contribution in [1.82, 2.24) is 15.5 Å². The molecule has 0 unspecified atom stereocenters. The smallest absolute Gasteiger partial charge is 0.273 e. The lowest BCUT2D eigenvalue weighted by Gasteiger charge is -2.14. The Hall–Kier alpha value is -2.15. The molecule has 1 aliphatic carbocycles. The number of nitrogens with zero attached hydrogens (tertiary/aromatic N) is 1. The maximum absolute atomic E-state index is 12.5. The summed E-state index contributed by atoms with van der Waals surface area (Å²) in [5.74, 6) is 0.284. The van der Waals surface area contributed by atoms with E-state index in [1.165, 1.54) is 0 Å². The van der Waals surface area contributed by atoms with Gasteiger partial charge >= 0.3 is 0 Å². The molecule has 24 heavy (non-hydrogen) atoms. The van der Waals surface area contributed by atoms with Crippen molar-refractivity contribution < 1.29 is 9.59 Å². The number of carbonyl (C=O) groups is 2. The topological polar surface area (TPSA) is 86.9 Å². The van der Waals surface area contributed by atoms with Crippen molar-refractivity contribution in [3.63, 3.8) is 0 Å². The van der Waals surface area contributed by atoms with Crippen LogP contribution in [0, 0.1) is 0 Å². The molecule has 4 rings (SSSR count). The van der Waals surface area contributed by atoms with Gasteiger partial charge in [-0.2, -0.15) is 5.10 Å². The van der Waals surface area contributed by atoms with Gasteiger partial charge in [0.2, 0.25) is 5.91 Å². The number of amides is 2.